The van der Waals surface area contributed by atoms with Crippen LogP contribution >= 0.6 is 12.4 Å². The number of likely N-dealkylation sites (N-methyl/N-ethyl adjacent to an activating group) is 1. The molecule has 208 valence electrons. The van der Waals surface area contributed by atoms with Crippen molar-refractivity contribution >= 4 is 35.9 Å². The van der Waals surface area contributed by atoms with Crippen LogP contribution in [0.4, 0.5) is 0 Å². The van der Waals surface area contributed by atoms with Crippen LogP contribution in [-0.4, -0.2) is 95.9 Å². The number of nitrogens with zero attached hydrogens (tertiary/aromatic N) is 1. The lowest BCUT2D eigenvalue weighted by atomic mass is 9.54. The van der Waals surface area contributed by atoms with Gasteiger partial charge in [0, 0.05) is 6.92 Å². The number of carboxylic acids is 1. The lowest BCUT2D eigenvalue weighted by molar-refractivity contribution is -0.173. The Labute approximate surface area is 222 Å². The van der Waals surface area contributed by atoms with E-state index < -0.39 is 87.0 Å². The van der Waals surface area contributed by atoms with Crippen molar-refractivity contribution in [1.82, 2.24) is 4.90 Å². The molecule has 0 saturated heterocycles. The maximum Gasteiger partial charge on any atom is 0.300 e. The summed E-state index contributed by atoms with van der Waals surface area (Å²) in [4.78, 5) is 48.8. The van der Waals surface area contributed by atoms with E-state index in [0.29, 0.717) is 0 Å². The Morgan fingerprint density at radius 3 is 2.08 bits per heavy atom. The van der Waals surface area contributed by atoms with Crippen molar-refractivity contribution < 1.29 is 54.9 Å². The van der Waals surface area contributed by atoms with Gasteiger partial charge in [0.1, 0.15) is 22.8 Å². The molecule has 0 unspecified atom stereocenters. The van der Waals surface area contributed by atoms with Crippen LogP contribution in [0.25, 0.3) is 0 Å². The summed E-state index contributed by atoms with van der Waals surface area (Å²) in [7, 11) is 2.85. The molecule has 6 atom stereocenters. The summed E-state index contributed by atoms with van der Waals surface area (Å²) >= 11 is 0. The van der Waals surface area contributed by atoms with Gasteiger partial charge in [0.25, 0.3) is 11.9 Å². The second kappa shape index (κ2) is 10.0. The number of aliphatic hydroxyl groups is 5. The van der Waals surface area contributed by atoms with E-state index in [2.05, 4.69) is 0 Å². The number of aromatic hydroxyl groups is 1. The van der Waals surface area contributed by atoms with E-state index in [1.54, 1.807) is 0 Å². The lowest BCUT2D eigenvalue weighted by Gasteiger charge is -2.55. The first-order valence-corrected chi connectivity index (χ1v) is 11.0. The van der Waals surface area contributed by atoms with Gasteiger partial charge in [-0.3, -0.25) is 24.1 Å². The van der Waals surface area contributed by atoms with Crippen LogP contribution in [0.3, 0.4) is 0 Å². The molecule has 14 heteroatoms. The van der Waals surface area contributed by atoms with Gasteiger partial charge in [-0.2, -0.15) is 0 Å². The monoisotopic (exact) mass is 556 g/mol. The zero-order valence-electron chi connectivity index (χ0n) is 20.7. The normalized spacial score (nSPS) is 31.9. The number of rotatable bonds is 2. The Bertz CT molecular complexity index is 1280. The van der Waals surface area contributed by atoms with E-state index in [-0.39, 0.29) is 23.5 Å². The molecule has 9 N–H and O–H groups in total. The number of carbonyl (C=O) groups is 4. The molecule has 0 heterocycles. The number of Topliss-reactive ketones (excluding diaryl/α,β-unsaturated/α-hetero) is 2. The van der Waals surface area contributed by atoms with E-state index >= 15 is 0 Å². The van der Waals surface area contributed by atoms with Crippen LogP contribution in [0.15, 0.2) is 40.9 Å². The van der Waals surface area contributed by atoms with Crippen molar-refractivity contribution in [2.24, 2.45) is 17.6 Å². The van der Waals surface area contributed by atoms with Gasteiger partial charge in [0.05, 0.1) is 40.7 Å². The molecule has 1 amide bonds. The first-order valence-electron chi connectivity index (χ1n) is 11.0. The number of aliphatic hydroxyl groups excluding tert-OH is 3. The molecule has 13 nitrogen and oxygen atoms in total. The number of carbonyl (C=O) groups excluding carboxylic acids is 3. The Morgan fingerprint density at radius 1 is 1.08 bits per heavy atom. The molecule has 0 radical (unpaired) electrons. The molecule has 3 aliphatic carbocycles. The first-order chi connectivity index (χ1) is 16.9. The molecule has 0 fully saturated rings. The van der Waals surface area contributed by atoms with E-state index in [4.69, 9.17) is 15.6 Å². The number of aliphatic carboxylic acids is 1. The number of hydrogen-bond donors (Lipinski definition) is 8. The summed E-state index contributed by atoms with van der Waals surface area (Å²) in [6.45, 7) is 2.34. The SMILES string of the molecule is CC(=O)O.CN(C)[C@@H]1C(O)=C(C(N)=O)C(=O)[C@@]2(O)C(O)=C3C(=O)c4c(O)cccc4[C@@](C)(O)[C@H]3[C@H](O)[C@@H]12.Cl. The standard InChI is InChI=1S/C22H24N2O9.C2H4O2.ClH/c1-21(32)7-5-4-6-8(25)9(7)15(26)10-12(21)17(28)13-14(24(2)3)16(27)11(20(23)31)19(30)22(13,33)18(10)29;1-2(3)4;/h4-6,12-14,17,25,27-29,32-33H,1-3H3,(H2,23,31);1H3,(H,3,4);1H/t12-,13-,14+,17+,21-,22+;;/m1../s1. The summed E-state index contributed by atoms with van der Waals surface area (Å²) in [5, 5.41) is 73.9. The smallest absolute Gasteiger partial charge is 0.300 e. The summed E-state index contributed by atoms with van der Waals surface area (Å²) in [6, 6.07) is 2.54. The van der Waals surface area contributed by atoms with Crippen molar-refractivity contribution in [1.29, 1.82) is 0 Å². The number of benzene rings is 1. The zero-order valence-corrected chi connectivity index (χ0v) is 21.6. The third kappa shape index (κ3) is 4.12. The molecule has 1 aromatic carbocycles. The number of halogens is 1. The van der Waals surface area contributed by atoms with Crippen LogP contribution < -0.4 is 5.73 Å². The highest BCUT2D eigenvalue weighted by atomic mass is 35.5. The van der Waals surface area contributed by atoms with Crippen LogP contribution in [0.5, 0.6) is 5.75 Å². The van der Waals surface area contributed by atoms with E-state index in [1.807, 2.05) is 0 Å². The average molecular weight is 557 g/mol. The number of amides is 1. The first kappa shape index (κ1) is 30.7. The van der Waals surface area contributed by atoms with Gasteiger partial charge < -0.3 is 41.5 Å². The van der Waals surface area contributed by atoms with Crippen molar-refractivity contribution in [2.45, 2.75) is 37.2 Å². The molecular weight excluding hydrogens is 528 g/mol. The van der Waals surface area contributed by atoms with Crippen molar-refractivity contribution in [3.05, 3.63) is 52.0 Å². The van der Waals surface area contributed by atoms with E-state index in [9.17, 15) is 45.0 Å². The molecule has 0 saturated carbocycles. The Morgan fingerprint density at radius 2 is 1.61 bits per heavy atom. The third-order valence-electron chi connectivity index (χ3n) is 7.04. The minimum absolute atomic E-state index is 0. The number of carboxylic acid groups (broad SMARTS) is 1. The van der Waals surface area contributed by atoms with Crippen LogP contribution in [0, 0.1) is 11.8 Å². The summed E-state index contributed by atoms with van der Waals surface area (Å²) in [6.07, 6.45) is -1.87. The molecule has 0 spiro atoms. The number of fused-ring (bicyclic) bond motifs is 3. The van der Waals surface area contributed by atoms with Crippen LogP contribution in [0.1, 0.15) is 29.8 Å². The summed E-state index contributed by atoms with van der Waals surface area (Å²) in [5.41, 5.74) is -1.88. The molecule has 38 heavy (non-hydrogen) atoms. The van der Waals surface area contributed by atoms with E-state index in [0.717, 1.165) is 6.92 Å². The zero-order chi connectivity index (χ0) is 28.4. The summed E-state index contributed by atoms with van der Waals surface area (Å²) in [5.74, 6) is -10.5. The van der Waals surface area contributed by atoms with E-state index in [1.165, 1.54) is 44.1 Å². The van der Waals surface area contributed by atoms with Gasteiger partial charge in [-0.05, 0) is 32.6 Å². The van der Waals surface area contributed by atoms with Crippen molar-refractivity contribution in [2.75, 3.05) is 14.1 Å². The van der Waals surface area contributed by atoms with Crippen LogP contribution in [0.2, 0.25) is 0 Å². The Kier molecular flexibility index (Phi) is 8.09. The van der Waals surface area contributed by atoms with Gasteiger partial charge in [-0.25, -0.2) is 0 Å². The highest BCUT2D eigenvalue weighted by molar-refractivity contribution is 6.25. The molecule has 3 aliphatic rings. The van der Waals surface area contributed by atoms with Gasteiger partial charge in [0.2, 0.25) is 5.78 Å². The Balaban J connectivity index is 0.000000947. The van der Waals surface area contributed by atoms with Gasteiger partial charge in [-0.15, -0.1) is 12.4 Å². The fraction of sp³-hybridized carbons (Fsp3) is 0.417. The molecule has 0 bridgehead atoms. The number of nitrogens with two attached hydrogens (primary N) is 1. The number of phenolic OH excluding ortho intramolecular Hbond substituents is 1. The van der Waals surface area contributed by atoms with Gasteiger partial charge in [-0.1, -0.05) is 12.1 Å². The molecule has 1 aromatic rings. The highest BCUT2D eigenvalue weighted by Gasteiger charge is 2.69. The molecule has 4 rings (SSSR count). The minimum atomic E-state index is -3.02. The average Bonchev–Trinajstić information content (AvgIpc) is 2.75. The van der Waals surface area contributed by atoms with Crippen molar-refractivity contribution in [3.8, 4) is 5.75 Å². The minimum Gasteiger partial charge on any atom is -0.510 e. The van der Waals surface area contributed by atoms with Gasteiger partial charge >= 0.3 is 0 Å². The third-order valence-corrected chi connectivity index (χ3v) is 7.04. The fourth-order valence-electron chi connectivity index (χ4n) is 5.60. The van der Waals surface area contributed by atoms with Crippen molar-refractivity contribution in [3.63, 3.8) is 0 Å². The largest absolute Gasteiger partial charge is 0.510 e. The summed E-state index contributed by atoms with van der Waals surface area (Å²) < 4.78 is 0. The number of primary amides is 1. The molecular formula is C24H29ClN2O11. The number of hydrogen-bond acceptors (Lipinski definition) is 11. The van der Waals surface area contributed by atoms with Gasteiger partial charge in [0.15, 0.2) is 11.4 Å². The highest BCUT2D eigenvalue weighted by Crippen LogP contribution is 2.56. The predicted octanol–water partition coefficient (Wildman–Crippen LogP) is -0.731. The topological polar surface area (TPSA) is 239 Å². The predicted molar refractivity (Wildman–Crippen MR) is 131 cm³/mol. The lowest BCUT2D eigenvalue weighted by Crippen LogP contribution is -2.70. The second-order valence-electron chi connectivity index (χ2n) is 9.58. The van der Waals surface area contributed by atoms with Crippen LogP contribution in [-0.2, 0) is 20.0 Å². The second-order valence-corrected chi connectivity index (χ2v) is 9.58. The molecule has 0 aromatic heterocycles. The quantitative estimate of drug-likeness (QED) is 0.210. The fourth-order valence-corrected chi connectivity index (χ4v) is 5.60. The number of phenols is 1. The maximum atomic E-state index is 13.3. The molecule has 0 aliphatic heterocycles. The maximum absolute atomic E-state index is 13.3. The number of ketones is 2. The Hall–Kier alpha value is -3.49.